The molecule has 0 aliphatic heterocycles. The second-order valence-corrected chi connectivity index (χ2v) is 7.92. The molecule has 3 rings (SSSR count). The van der Waals surface area contributed by atoms with Crippen LogP contribution in [0.1, 0.15) is 43.1 Å². The van der Waals surface area contributed by atoms with Crippen LogP contribution in [0.15, 0.2) is 84.1 Å². The van der Waals surface area contributed by atoms with Crippen molar-refractivity contribution in [2.45, 2.75) is 32.6 Å². The van der Waals surface area contributed by atoms with Crippen LogP contribution >= 0.6 is 0 Å². The molecular weight excluding hydrogens is 336 g/mol. The summed E-state index contributed by atoms with van der Waals surface area (Å²) in [5.74, 6) is 0.673. The minimum absolute atomic E-state index is 0.0470. The van der Waals surface area contributed by atoms with Gasteiger partial charge in [0.25, 0.3) is 5.91 Å². The van der Waals surface area contributed by atoms with Gasteiger partial charge in [-0.15, -0.1) is 0 Å². The number of allylic oxidation sites excluding steroid dienone is 6. The van der Waals surface area contributed by atoms with Crippen molar-refractivity contribution in [1.29, 1.82) is 0 Å². The normalized spacial score (nSPS) is 18.6. The highest BCUT2D eigenvalue weighted by Crippen LogP contribution is 2.31. The van der Waals surface area contributed by atoms with E-state index in [9.17, 15) is 9.90 Å². The maximum Gasteiger partial charge on any atom is 0.256 e. The lowest BCUT2D eigenvalue weighted by Gasteiger charge is -2.26. The molecule has 140 valence electrons. The van der Waals surface area contributed by atoms with Gasteiger partial charge in [0.05, 0.1) is 0 Å². The predicted octanol–water partition coefficient (Wildman–Crippen LogP) is 4.62. The summed E-state index contributed by atoms with van der Waals surface area (Å²) >= 11 is 0. The summed E-state index contributed by atoms with van der Waals surface area (Å²) < 4.78 is 0. The summed E-state index contributed by atoms with van der Waals surface area (Å²) in [4.78, 5) is 12.5. The third kappa shape index (κ3) is 4.40. The molecular formula is C23H26N2O2. The Labute approximate surface area is 160 Å². The molecule has 1 amide bonds. The highest BCUT2D eigenvalue weighted by atomic mass is 16.3. The Morgan fingerprint density at radius 3 is 2.59 bits per heavy atom. The first-order valence-corrected chi connectivity index (χ1v) is 9.11. The SMILES string of the molecule is C=C(NC(=O)c1ccc(C(C)(C)C)cc1)NC1=CC=CC2CC=C(O)C=C12. The average Bonchev–Trinajstić information content (AvgIpc) is 2.61. The van der Waals surface area contributed by atoms with E-state index < -0.39 is 0 Å². The van der Waals surface area contributed by atoms with Crippen LogP contribution in [0.2, 0.25) is 0 Å². The molecule has 4 heteroatoms. The van der Waals surface area contributed by atoms with Crippen LogP contribution in [0.25, 0.3) is 0 Å². The second-order valence-electron chi connectivity index (χ2n) is 7.92. The van der Waals surface area contributed by atoms with Crippen molar-refractivity contribution >= 4 is 5.91 Å². The molecule has 2 aliphatic carbocycles. The predicted molar refractivity (Wildman–Crippen MR) is 109 cm³/mol. The van der Waals surface area contributed by atoms with E-state index in [1.54, 1.807) is 12.2 Å². The topological polar surface area (TPSA) is 61.4 Å². The number of nitrogens with one attached hydrogen (secondary N) is 2. The van der Waals surface area contributed by atoms with Gasteiger partial charge in [-0.1, -0.05) is 51.6 Å². The molecule has 1 atom stereocenters. The number of aliphatic hydroxyl groups is 1. The zero-order chi connectivity index (χ0) is 19.6. The molecule has 0 radical (unpaired) electrons. The Bertz CT molecular complexity index is 878. The maximum atomic E-state index is 12.5. The summed E-state index contributed by atoms with van der Waals surface area (Å²) in [6, 6.07) is 7.61. The number of carbonyl (C=O) groups is 1. The third-order valence-electron chi connectivity index (χ3n) is 4.76. The Morgan fingerprint density at radius 2 is 1.93 bits per heavy atom. The molecule has 4 nitrogen and oxygen atoms in total. The monoisotopic (exact) mass is 362 g/mol. The molecule has 0 spiro atoms. The van der Waals surface area contributed by atoms with Crippen molar-refractivity contribution in [3.63, 3.8) is 0 Å². The average molecular weight is 362 g/mol. The van der Waals surface area contributed by atoms with Gasteiger partial charge in [-0.25, -0.2) is 0 Å². The van der Waals surface area contributed by atoms with Crippen molar-refractivity contribution in [2.24, 2.45) is 5.92 Å². The van der Waals surface area contributed by atoms with Gasteiger partial charge in [-0.2, -0.15) is 0 Å². The number of fused-ring (bicyclic) bond motifs is 1. The van der Waals surface area contributed by atoms with E-state index in [0.717, 1.165) is 17.7 Å². The first-order chi connectivity index (χ1) is 12.7. The molecule has 0 saturated carbocycles. The minimum Gasteiger partial charge on any atom is -0.508 e. The fourth-order valence-corrected chi connectivity index (χ4v) is 3.18. The number of benzene rings is 1. The highest BCUT2D eigenvalue weighted by molar-refractivity contribution is 5.95. The molecule has 1 unspecified atom stereocenters. The third-order valence-corrected chi connectivity index (χ3v) is 4.76. The van der Waals surface area contributed by atoms with Crippen LogP contribution in [0.5, 0.6) is 0 Å². The first-order valence-electron chi connectivity index (χ1n) is 9.11. The van der Waals surface area contributed by atoms with Crippen LogP contribution in [0.3, 0.4) is 0 Å². The van der Waals surface area contributed by atoms with E-state index in [4.69, 9.17) is 0 Å². The van der Waals surface area contributed by atoms with Crippen molar-refractivity contribution < 1.29 is 9.90 Å². The Hall–Kier alpha value is -3.01. The molecule has 1 aromatic rings. The number of rotatable bonds is 4. The van der Waals surface area contributed by atoms with Crippen molar-refractivity contribution in [1.82, 2.24) is 10.6 Å². The smallest absolute Gasteiger partial charge is 0.256 e. The largest absolute Gasteiger partial charge is 0.508 e. The quantitative estimate of drug-likeness (QED) is 0.733. The summed E-state index contributed by atoms with van der Waals surface area (Å²) in [7, 11) is 0. The van der Waals surface area contributed by atoms with Gasteiger partial charge in [-0.3, -0.25) is 4.79 Å². The van der Waals surface area contributed by atoms with Gasteiger partial charge >= 0.3 is 0 Å². The number of amides is 1. The van der Waals surface area contributed by atoms with Gasteiger partial charge in [0, 0.05) is 17.2 Å². The van der Waals surface area contributed by atoms with Crippen molar-refractivity contribution in [2.75, 3.05) is 0 Å². The van der Waals surface area contributed by atoms with Gasteiger partial charge in [0.1, 0.15) is 11.6 Å². The number of hydrogen-bond acceptors (Lipinski definition) is 3. The standard InChI is InChI=1S/C23H26N2O2/c1-15(24-21-7-5-6-16-10-13-19(26)14-20(16)21)25-22(27)17-8-11-18(12-9-17)23(2,3)4/h5-9,11-14,16,24,26H,1,10H2,2-4H3,(H,25,27). The molecule has 2 aliphatic rings. The maximum absolute atomic E-state index is 12.5. The number of aliphatic hydroxyl groups excluding tert-OH is 1. The molecule has 3 N–H and O–H groups in total. The Kier molecular flexibility index (Phi) is 5.08. The van der Waals surface area contributed by atoms with Crippen LogP contribution in [-0.2, 0) is 5.41 Å². The van der Waals surface area contributed by atoms with Crippen LogP contribution in [0, 0.1) is 5.92 Å². The van der Waals surface area contributed by atoms with E-state index in [1.807, 2.05) is 36.4 Å². The first kappa shape index (κ1) is 18.8. The second kappa shape index (κ2) is 7.31. The molecule has 0 saturated heterocycles. The van der Waals surface area contributed by atoms with E-state index in [2.05, 4.69) is 44.1 Å². The fraction of sp³-hybridized carbons (Fsp3) is 0.261. The Balaban J connectivity index is 1.65. The Morgan fingerprint density at radius 1 is 1.22 bits per heavy atom. The lowest BCUT2D eigenvalue weighted by molar-refractivity contribution is 0.0964. The fourth-order valence-electron chi connectivity index (χ4n) is 3.18. The molecule has 0 aromatic heterocycles. The summed E-state index contributed by atoms with van der Waals surface area (Å²) in [6.45, 7) is 10.3. The van der Waals surface area contributed by atoms with Gasteiger partial charge < -0.3 is 15.7 Å². The van der Waals surface area contributed by atoms with E-state index >= 15 is 0 Å². The van der Waals surface area contributed by atoms with Crippen LogP contribution in [-0.4, -0.2) is 11.0 Å². The highest BCUT2D eigenvalue weighted by Gasteiger charge is 2.22. The zero-order valence-electron chi connectivity index (χ0n) is 16.0. The van der Waals surface area contributed by atoms with Gasteiger partial charge in [0.2, 0.25) is 0 Å². The molecule has 27 heavy (non-hydrogen) atoms. The lowest BCUT2D eigenvalue weighted by Crippen LogP contribution is -2.32. The molecule has 0 bridgehead atoms. The minimum atomic E-state index is -0.211. The van der Waals surface area contributed by atoms with Gasteiger partial charge in [0.15, 0.2) is 0 Å². The van der Waals surface area contributed by atoms with E-state index in [-0.39, 0.29) is 23.0 Å². The summed E-state index contributed by atoms with van der Waals surface area (Å²) in [5.41, 5.74) is 3.63. The van der Waals surface area contributed by atoms with E-state index in [0.29, 0.717) is 11.4 Å². The van der Waals surface area contributed by atoms with Crippen LogP contribution in [0.4, 0.5) is 0 Å². The molecule has 1 aromatic carbocycles. The zero-order valence-corrected chi connectivity index (χ0v) is 16.0. The van der Waals surface area contributed by atoms with Gasteiger partial charge in [-0.05, 0) is 53.3 Å². The lowest BCUT2D eigenvalue weighted by atomic mass is 9.85. The van der Waals surface area contributed by atoms with Crippen molar-refractivity contribution in [3.8, 4) is 0 Å². The number of hydrogen-bond donors (Lipinski definition) is 3. The summed E-state index contributed by atoms with van der Waals surface area (Å²) in [5, 5.41) is 15.7. The molecule has 0 fully saturated rings. The molecule has 0 heterocycles. The van der Waals surface area contributed by atoms with Crippen LogP contribution < -0.4 is 10.6 Å². The van der Waals surface area contributed by atoms with E-state index in [1.165, 1.54) is 5.56 Å². The summed E-state index contributed by atoms with van der Waals surface area (Å²) in [6.07, 6.45) is 10.3. The van der Waals surface area contributed by atoms with Crippen molar-refractivity contribution in [3.05, 3.63) is 95.2 Å². The number of carbonyl (C=O) groups excluding carboxylic acids is 1.